The first kappa shape index (κ1) is 24.2. The normalized spacial score (nSPS) is 33.6. The van der Waals surface area contributed by atoms with Gasteiger partial charge in [-0.2, -0.15) is 0 Å². The topological polar surface area (TPSA) is 81.7 Å². The second-order valence-electron chi connectivity index (χ2n) is 10.6. The number of rotatable bonds is 5. The van der Waals surface area contributed by atoms with E-state index in [0.717, 1.165) is 30.5 Å². The van der Waals surface area contributed by atoms with Gasteiger partial charge in [-0.25, -0.2) is 0 Å². The Hall–Kier alpha value is -2.89. The molecule has 0 aromatic heterocycles. The van der Waals surface area contributed by atoms with Crippen LogP contribution in [-0.4, -0.2) is 30.6 Å². The number of allylic oxidation sites excluding steroid dienone is 2. The number of hydrogen-bond donors (Lipinski definition) is 1. The minimum Gasteiger partial charge on any atom is -0.465 e. The minimum absolute atomic E-state index is 0.0670. The third-order valence-electron chi connectivity index (χ3n) is 8.48. The monoisotopic (exact) mass is 465 g/mol. The van der Waals surface area contributed by atoms with Crippen LogP contribution in [-0.2, 0) is 23.9 Å². The number of anilines is 1. The fourth-order valence-electron chi connectivity index (χ4n) is 6.83. The van der Waals surface area contributed by atoms with E-state index in [4.69, 9.17) is 9.47 Å². The molecule has 1 heterocycles. The number of carbonyl (C=O) groups is 3. The van der Waals surface area contributed by atoms with E-state index < -0.39 is 5.41 Å². The molecule has 6 nitrogen and oxygen atoms in total. The average Bonchev–Trinajstić information content (AvgIpc) is 3.09. The molecule has 0 saturated heterocycles. The molecular formula is C28H35NO5. The number of ether oxygens (including phenoxy) is 2. The molecule has 182 valence electrons. The Morgan fingerprint density at radius 3 is 2.62 bits per heavy atom. The van der Waals surface area contributed by atoms with Crippen LogP contribution in [0.5, 0.6) is 0 Å². The summed E-state index contributed by atoms with van der Waals surface area (Å²) in [6.45, 7) is 11.9. The molecule has 34 heavy (non-hydrogen) atoms. The Labute approximate surface area is 201 Å². The summed E-state index contributed by atoms with van der Waals surface area (Å²) in [6, 6.07) is 7.75. The van der Waals surface area contributed by atoms with Gasteiger partial charge in [0.2, 0.25) is 0 Å². The van der Waals surface area contributed by atoms with Crippen LogP contribution in [0.3, 0.4) is 0 Å². The molecule has 5 atom stereocenters. The summed E-state index contributed by atoms with van der Waals surface area (Å²) >= 11 is 0. The Bertz CT molecular complexity index is 1060. The molecule has 6 heteroatoms. The van der Waals surface area contributed by atoms with E-state index in [9.17, 15) is 14.4 Å². The zero-order valence-corrected chi connectivity index (χ0v) is 20.6. The molecule has 1 amide bonds. The van der Waals surface area contributed by atoms with Crippen molar-refractivity contribution in [3.05, 3.63) is 48.1 Å². The lowest BCUT2D eigenvalue weighted by atomic mass is 9.46. The first-order valence-corrected chi connectivity index (χ1v) is 12.2. The van der Waals surface area contributed by atoms with Crippen molar-refractivity contribution in [3.63, 3.8) is 0 Å². The van der Waals surface area contributed by atoms with Crippen LogP contribution in [0.25, 0.3) is 5.57 Å². The highest BCUT2D eigenvalue weighted by Gasteiger charge is 2.59. The maximum absolute atomic E-state index is 12.6. The zero-order chi connectivity index (χ0) is 24.7. The summed E-state index contributed by atoms with van der Waals surface area (Å²) in [6.07, 6.45) is 5.81. The molecule has 0 unspecified atom stereocenters. The number of nitrogens with one attached hydrogen (secondary N) is 1. The standard InChI is InChI=1S/C28H35NO5/c1-17-10-13-24-27(4,15-14-25(34-19(3)31)28(24,5)16-33-18(2)30)22(17)12-11-21-20-8-6-7-9-23(20)29-26(21)32/h6-9,11,22,24-25H,1,10,12-16H2,2-5H3,(H,29,32)/b21-11-/t22-,24+,25-,27+,28+/m1/s1. The molecule has 1 aromatic carbocycles. The molecule has 0 spiro atoms. The van der Waals surface area contributed by atoms with Gasteiger partial charge in [0.1, 0.15) is 12.7 Å². The number of para-hydroxylation sites is 1. The van der Waals surface area contributed by atoms with Crippen molar-refractivity contribution < 1.29 is 23.9 Å². The number of benzene rings is 1. The number of carbonyl (C=O) groups excluding carboxylic acids is 3. The predicted molar refractivity (Wildman–Crippen MR) is 131 cm³/mol. The molecule has 3 aliphatic rings. The number of fused-ring (bicyclic) bond motifs is 2. The highest BCUT2D eigenvalue weighted by atomic mass is 16.6. The predicted octanol–water partition coefficient (Wildman–Crippen LogP) is 5.30. The third-order valence-corrected chi connectivity index (χ3v) is 8.48. The lowest BCUT2D eigenvalue weighted by Gasteiger charge is -2.60. The van der Waals surface area contributed by atoms with Gasteiger partial charge >= 0.3 is 11.9 Å². The molecule has 4 rings (SSSR count). The van der Waals surface area contributed by atoms with Crippen LogP contribution in [0.4, 0.5) is 5.69 Å². The van der Waals surface area contributed by atoms with Crippen molar-refractivity contribution in [1.29, 1.82) is 0 Å². The zero-order valence-electron chi connectivity index (χ0n) is 20.6. The molecule has 0 bridgehead atoms. The van der Waals surface area contributed by atoms with Gasteiger partial charge in [0.05, 0.1) is 0 Å². The van der Waals surface area contributed by atoms with Crippen molar-refractivity contribution in [1.82, 2.24) is 0 Å². The van der Waals surface area contributed by atoms with Crippen LogP contribution in [0, 0.1) is 22.7 Å². The molecule has 1 aromatic rings. The number of hydrogen-bond acceptors (Lipinski definition) is 5. The van der Waals surface area contributed by atoms with E-state index in [1.54, 1.807) is 0 Å². The SMILES string of the molecule is C=C1CC[C@@H]2[C@](C)(COC(C)=O)[C@H](OC(C)=O)CC[C@@]2(C)[C@@H]1C/C=C1\C(=O)Nc2ccccc21. The Kier molecular flexibility index (Phi) is 6.45. The quantitative estimate of drug-likeness (QED) is 0.363. The van der Waals surface area contributed by atoms with Gasteiger partial charge in [0.15, 0.2) is 0 Å². The van der Waals surface area contributed by atoms with Gasteiger partial charge in [-0.3, -0.25) is 14.4 Å². The maximum Gasteiger partial charge on any atom is 0.302 e. The van der Waals surface area contributed by atoms with Gasteiger partial charge in [0, 0.05) is 36.1 Å². The second kappa shape index (κ2) is 9.05. The van der Waals surface area contributed by atoms with E-state index in [1.807, 2.05) is 24.3 Å². The van der Waals surface area contributed by atoms with Gasteiger partial charge < -0.3 is 14.8 Å². The van der Waals surface area contributed by atoms with Gasteiger partial charge in [-0.15, -0.1) is 0 Å². The van der Waals surface area contributed by atoms with E-state index in [2.05, 4.69) is 31.8 Å². The van der Waals surface area contributed by atoms with Crippen molar-refractivity contribution >= 4 is 29.1 Å². The molecular weight excluding hydrogens is 430 g/mol. The average molecular weight is 466 g/mol. The van der Waals surface area contributed by atoms with Crippen molar-refractivity contribution in [2.75, 3.05) is 11.9 Å². The molecule has 1 N–H and O–H groups in total. The summed E-state index contributed by atoms with van der Waals surface area (Å²) in [7, 11) is 0. The Morgan fingerprint density at radius 1 is 1.18 bits per heavy atom. The van der Waals surface area contributed by atoms with E-state index in [1.165, 1.54) is 19.4 Å². The maximum atomic E-state index is 12.6. The first-order chi connectivity index (χ1) is 16.1. The summed E-state index contributed by atoms with van der Waals surface area (Å²) in [5.74, 6) is -0.356. The highest BCUT2D eigenvalue weighted by molar-refractivity contribution is 6.31. The van der Waals surface area contributed by atoms with Gasteiger partial charge in [-0.1, -0.05) is 50.3 Å². The van der Waals surface area contributed by atoms with Gasteiger partial charge in [0.25, 0.3) is 5.91 Å². The summed E-state index contributed by atoms with van der Waals surface area (Å²) in [4.78, 5) is 36.2. The smallest absolute Gasteiger partial charge is 0.302 e. The van der Waals surface area contributed by atoms with Crippen LogP contribution in [0.15, 0.2) is 42.5 Å². The lowest BCUT2D eigenvalue weighted by molar-refractivity contribution is -0.191. The fourth-order valence-corrected chi connectivity index (χ4v) is 6.83. The van der Waals surface area contributed by atoms with E-state index in [-0.39, 0.29) is 47.8 Å². The first-order valence-electron chi connectivity index (χ1n) is 12.2. The summed E-state index contributed by atoms with van der Waals surface area (Å²) in [5, 5.41) is 2.95. The number of amides is 1. The van der Waals surface area contributed by atoms with Crippen molar-refractivity contribution in [3.8, 4) is 0 Å². The Morgan fingerprint density at radius 2 is 1.91 bits per heavy atom. The second-order valence-corrected chi connectivity index (χ2v) is 10.6. The fraction of sp³-hybridized carbons (Fsp3) is 0.536. The van der Waals surface area contributed by atoms with Crippen molar-refractivity contribution in [2.24, 2.45) is 22.7 Å². The summed E-state index contributed by atoms with van der Waals surface area (Å²) in [5.41, 5.74) is 3.09. The largest absolute Gasteiger partial charge is 0.465 e. The lowest BCUT2D eigenvalue weighted by Crippen LogP contribution is -2.58. The van der Waals surface area contributed by atoms with Crippen LogP contribution in [0.2, 0.25) is 0 Å². The molecule has 2 saturated carbocycles. The third kappa shape index (κ3) is 4.19. The number of esters is 2. The minimum atomic E-state index is -0.492. The van der Waals surface area contributed by atoms with E-state index >= 15 is 0 Å². The summed E-state index contributed by atoms with van der Waals surface area (Å²) < 4.78 is 11.3. The van der Waals surface area contributed by atoms with Gasteiger partial charge in [-0.05, 0) is 55.4 Å². The van der Waals surface area contributed by atoms with Crippen LogP contribution < -0.4 is 5.32 Å². The highest BCUT2D eigenvalue weighted by Crippen LogP contribution is 2.62. The molecule has 2 fully saturated rings. The molecule has 0 radical (unpaired) electrons. The molecule has 1 aliphatic heterocycles. The van der Waals surface area contributed by atoms with Crippen LogP contribution in [0.1, 0.15) is 65.4 Å². The Balaban J connectivity index is 1.66. The van der Waals surface area contributed by atoms with Crippen molar-refractivity contribution in [2.45, 2.75) is 65.9 Å². The van der Waals surface area contributed by atoms with Crippen LogP contribution >= 0.6 is 0 Å². The molecule has 2 aliphatic carbocycles. The van der Waals surface area contributed by atoms with E-state index in [0.29, 0.717) is 18.4 Å².